The van der Waals surface area contributed by atoms with Gasteiger partial charge in [0.25, 0.3) is 21.8 Å². The maximum atomic E-state index is 14.2. The zero-order valence-electron chi connectivity index (χ0n) is 23.5. The number of ether oxygens (including phenoxy) is 5. The average Bonchev–Trinajstić information content (AvgIpc) is 3.38. The van der Waals surface area contributed by atoms with E-state index in [9.17, 15) is 31.3 Å². The number of hydrogen-bond acceptors (Lipinski definition) is 12. The van der Waals surface area contributed by atoms with Crippen molar-refractivity contribution >= 4 is 44.0 Å². The highest BCUT2D eigenvalue weighted by Crippen LogP contribution is 2.36. The number of nitrogens with zero attached hydrogens (tertiary/aromatic N) is 3. The third-order valence-electron chi connectivity index (χ3n) is 5.81. The summed E-state index contributed by atoms with van der Waals surface area (Å²) >= 11 is -2.25. The van der Waals surface area contributed by atoms with Crippen molar-refractivity contribution in [3.63, 3.8) is 0 Å². The first-order chi connectivity index (χ1) is 21.3. The summed E-state index contributed by atoms with van der Waals surface area (Å²) in [6.07, 6.45) is 1.37. The molecule has 19 heteroatoms. The summed E-state index contributed by atoms with van der Waals surface area (Å²) in [5.74, 6) is -2.48. The fraction of sp³-hybridized carbons (Fsp3) is 0.231. The van der Waals surface area contributed by atoms with Crippen LogP contribution in [0, 0.1) is 0 Å². The number of fused-ring (bicyclic) bond motifs is 1. The minimum Gasteiger partial charge on any atom is -0.609 e. The molecule has 0 saturated carbocycles. The minimum absolute atomic E-state index is 0.140. The van der Waals surface area contributed by atoms with E-state index in [2.05, 4.69) is 14.7 Å². The lowest BCUT2D eigenvalue weighted by Gasteiger charge is -2.16. The molecular formula is C26H25F2N5O10S2. The summed E-state index contributed by atoms with van der Waals surface area (Å²) in [5.41, 5.74) is 10.1. The molecule has 2 aromatic heterocycles. The Kier molecular flexibility index (Phi) is 10.1. The van der Waals surface area contributed by atoms with Crippen LogP contribution in [0.5, 0.6) is 28.7 Å². The molecule has 1 atom stereocenters. The Hall–Kier alpha value is -4.88. The second kappa shape index (κ2) is 13.8. The van der Waals surface area contributed by atoms with Crippen LogP contribution in [0.25, 0.3) is 11.0 Å². The second-order valence-electron chi connectivity index (χ2n) is 8.79. The number of pyridine rings is 1. The van der Waals surface area contributed by atoms with Gasteiger partial charge >= 0.3 is 11.8 Å². The molecule has 2 amide bonds. The molecule has 0 bridgehead atoms. The van der Waals surface area contributed by atoms with E-state index in [-0.39, 0.29) is 45.5 Å². The molecule has 0 fully saturated rings. The molecule has 0 spiro atoms. The van der Waals surface area contributed by atoms with Crippen molar-refractivity contribution in [2.24, 2.45) is 11.5 Å². The zero-order chi connectivity index (χ0) is 32.9. The molecule has 0 saturated heterocycles. The van der Waals surface area contributed by atoms with Crippen molar-refractivity contribution in [2.75, 3.05) is 27.4 Å². The number of carbonyl (C=O) groups is 2. The van der Waals surface area contributed by atoms with E-state index in [1.807, 2.05) is 0 Å². The molecule has 4 rings (SSSR count). The Labute approximate surface area is 257 Å². The number of methoxy groups -OCH3 is 2. The normalized spacial score (nSPS) is 12.1. The van der Waals surface area contributed by atoms with Gasteiger partial charge in [0, 0.05) is 35.6 Å². The quantitative estimate of drug-likeness (QED) is 0.171. The van der Waals surface area contributed by atoms with Gasteiger partial charge in [-0.25, -0.2) is 8.42 Å². The first-order valence-electron chi connectivity index (χ1n) is 12.5. The van der Waals surface area contributed by atoms with Gasteiger partial charge in [-0.15, -0.1) is 0 Å². The molecular weight excluding hydrogens is 644 g/mol. The Morgan fingerprint density at radius 1 is 0.978 bits per heavy atom. The molecule has 0 aliphatic carbocycles. The number of hydrogen-bond donors (Lipinski definition) is 2. The first kappa shape index (κ1) is 33.0. The van der Waals surface area contributed by atoms with Crippen LogP contribution < -0.4 is 35.2 Å². The lowest BCUT2D eigenvalue weighted by atomic mass is 10.3. The van der Waals surface area contributed by atoms with Crippen LogP contribution in [0.2, 0.25) is 0 Å². The fourth-order valence-corrected chi connectivity index (χ4v) is 6.97. The topological polar surface area (TPSA) is 220 Å². The highest BCUT2D eigenvalue weighted by atomic mass is 32.2. The monoisotopic (exact) mass is 669 g/mol. The molecule has 4 N–H and O–H groups in total. The van der Waals surface area contributed by atoms with Crippen LogP contribution >= 0.6 is 0 Å². The number of aromatic nitrogens is 3. The summed E-state index contributed by atoms with van der Waals surface area (Å²) in [6, 6.07) is 8.00. The molecule has 1 unspecified atom stereocenters. The zero-order valence-corrected chi connectivity index (χ0v) is 25.1. The summed E-state index contributed by atoms with van der Waals surface area (Å²) < 4.78 is 94.1. The molecule has 240 valence electrons. The number of amides is 2. The number of alkyl halides is 2. The van der Waals surface area contributed by atoms with Gasteiger partial charge < -0.3 is 39.7 Å². The van der Waals surface area contributed by atoms with Crippen molar-refractivity contribution < 1.29 is 55.0 Å². The summed E-state index contributed by atoms with van der Waals surface area (Å²) in [7, 11) is -1.99. The third-order valence-corrected chi connectivity index (χ3v) is 8.84. The minimum atomic E-state index is -4.71. The number of carbonyl (C=O) groups excluding carboxylic acids is 2. The maximum Gasteiger partial charge on any atom is 0.387 e. The van der Waals surface area contributed by atoms with Gasteiger partial charge in [0.1, 0.15) is 11.4 Å². The molecule has 45 heavy (non-hydrogen) atoms. The van der Waals surface area contributed by atoms with Gasteiger partial charge in [0.2, 0.25) is 0 Å². The lowest BCUT2D eigenvalue weighted by molar-refractivity contribution is -0.121. The Morgan fingerprint density at radius 3 is 2.29 bits per heavy atom. The van der Waals surface area contributed by atoms with E-state index in [1.54, 1.807) is 0 Å². The Morgan fingerprint density at radius 2 is 1.67 bits per heavy atom. The van der Waals surface area contributed by atoms with Crippen LogP contribution in [0.3, 0.4) is 0 Å². The predicted octanol–water partition coefficient (Wildman–Crippen LogP) is 1.32. The van der Waals surface area contributed by atoms with E-state index in [4.69, 9.17) is 30.4 Å². The maximum absolute atomic E-state index is 14.2. The third kappa shape index (κ3) is 7.44. The number of primary amides is 2. The van der Waals surface area contributed by atoms with Crippen LogP contribution in [0.15, 0.2) is 58.7 Å². The van der Waals surface area contributed by atoms with Gasteiger partial charge in [-0.3, -0.25) is 14.6 Å². The number of nitrogens with two attached hydrogens (primary N) is 2. The van der Waals surface area contributed by atoms with E-state index < -0.39 is 68.6 Å². The number of benzene rings is 2. The average molecular weight is 670 g/mol. The van der Waals surface area contributed by atoms with Gasteiger partial charge in [-0.2, -0.15) is 17.7 Å². The first-order valence-corrected chi connectivity index (χ1v) is 15.2. The van der Waals surface area contributed by atoms with Crippen LogP contribution in [0.4, 0.5) is 8.78 Å². The molecule has 0 radical (unpaired) electrons. The Bertz CT molecular complexity index is 1840. The van der Waals surface area contributed by atoms with Gasteiger partial charge in [-0.05, 0) is 24.3 Å². The van der Waals surface area contributed by atoms with Crippen molar-refractivity contribution in [3.8, 4) is 28.7 Å². The van der Waals surface area contributed by atoms with Crippen molar-refractivity contribution in [1.82, 2.24) is 13.9 Å². The number of rotatable bonds is 15. The number of imidazole rings is 1. The van der Waals surface area contributed by atoms with Gasteiger partial charge in [0.05, 0.1) is 30.1 Å². The summed E-state index contributed by atoms with van der Waals surface area (Å²) in [6.45, 7) is -4.45. The molecule has 15 nitrogen and oxygen atoms in total. The predicted molar refractivity (Wildman–Crippen MR) is 152 cm³/mol. The van der Waals surface area contributed by atoms with Crippen molar-refractivity contribution in [2.45, 2.75) is 22.4 Å². The van der Waals surface area contributed by atoms with Crippen LogP contribution in [-0.4, -0.2) is 72.8 Å². The highest BCUT2D eigenvalue weighted by Gasteiger charge is 2.33. The molecule has 2 aromatic carbocycles. The van der Waals surface area contributed by atoms with E-state index >= 15 is 0 Å². The standard InChI is InChI=1S/C26H25F2N5O10S2/c1-39-20-7-8-31-17(24(20)40-2)13-44(36)26-32-16-9-14(43-25(27)28)3-5-18(16)33(26)45(37,38)15-4-6-19(41-11-22(29)34)21(10-15)42-12-23(30)35/h3-10,25H,11-13H2,1-2H3,(H2,29,34)(H2,30,35). The van der Waals surface area contributed by atoms with Crippen LogP contribution in [-0.2, 0) is 36.5 Å². The summed E-state index contributed by atoms with van der Waals surface area (Å²) in [5, 5.41) is -0.500. The van der Waals surface area contributed by atoms with E-state index in [1.165, 1.54) is 26.5 Å². The fourth-order valence-electron chi connectivity index (χ4n) is 3.99. The largest absolute Gasteiger partial charge is 0.609 e. The van der Waals surface area contributed by atoms with Crippen LogP contribution in [0.1, 0.15) is 5.69 Å². The number of halogens is 2. The Balaban J connectivity index is 1.87. The van der Waals surface area contributed by atoms with Crippen molar-refractivity contribution in [3.05, 3.63) is 54.4 Å². The van der Waals surface area contributed by atoms with Gasteiger partial charge in [0.15, 0.2) is 42.0 Å². The van der Waals surface area contributed by atoms with Crippen molar-refractivity contribution in [1.29, 1.82) is 0 Å². The van der Waals surface area contributed by atoms with E-state index in [0.717, 1.165) is 36.4 Å². The lowest BCUT2D eigenvalue weighted by Crippen LogP contribution is -2.23. The molecule has 4 aromatic rings. The second-order valence-corrected chi connectivity index (χ2v) is 11.9. The molecule has 0 aliphatic heterocycles. The smallest absolute Gasteiger partial charge is 0.387 e. The highest BCUT2D eigenvalue weighted by molar-refractivity contribution is 7.93. The van der Waals surface area contributed by atoms with Gasteiger partial charge in [-0.1, -0.05) is 0 Å². The SMILES string of the molecule is COc1ccnc(C[S+]([O-])c2nc3cc(OC(F)F)ccc3n2S(=O)(=O)c2ccc(OCC(N)=O)c(OCC(N)=O)c2)c1OC. The summed E-state index contributed by atoms with van der Waals surface area (Å²) in [4.78, 5) is 30.5. The van der Waals surface area contributed by atoms with E-state index in [0.29, 0.717) is 3.97 Å². The molecule has 0 aliphatic rings. The molecule has 2 heterocycles.